The van der Waals surface area contributed by atoms with Crippen molar-refractivity contribution in [1.29, 1.82) is 0 Å². The Morgan fingerprint density at radius 3 is 1.94 bits per heavy atom. The van der Waals surface area contributed by atoms with Crippen LogP contribution in [0, 0.1) is 0 Å². The SMILES string of the molecule is CCCCCCCOCCCCCS(=O)(=O)Cl. The molecule has 0 aromatic heterocycles. The molecule has 0 saturated carbocycles. The Morgan fingerprint density at radius 2 is 1.41 bits per heavy atom. The Bertz CT molecular complexity index is 252. The summed E-state index contributed by atoms with van der Waals surface area (Å²) in [6.45, 7) is 3.77. The molecular formula is C12H25ClO3S. The summed E-state index contributed by atoms with van der Waals surface area (Å²) in [7, 11) is 1.79. The molecule has 0 aromatic carbocycles. The first-order valence-corrected chi connectivity index (χ1v) is 9.04. The molecular weight excluding hydrogens is 260 g/mol. The second kappa shape index (κ2) is 11.3. The maximum atomic E-state index is 10.6. The van der Waals surface area contributed by atoms with Crippen LogP contribution in [0.25, 0.3) is 0 Å². The van der Waals surface area contributed by atoms with Gasteiger partial charge >= 0.3 is 0 Å². The average molecular weight is 285 g/mol. The first-order chi connectivity index (χ1) is 8.06. The highest BCUT2D eigenvalue weighted by Crippen LogP contribution is 2.05. The van der Waals surface area contributed by atoms with Gasteiger partial charge in [0.05, 0.1) is 5.75 Å². The third-order valence-electron chi connectivity index (χ3n) is 2.57. The van der Waals surface area contributed by atoms with E-state index < -0.39 is 9.05 Å². The van der Waals surface area contributed by atoms with Gasteiger partial charge in [-0.05, 0) is 19.3 Å². The highest BCUT2D eigenvalue weighted by molar-refractivity contribution is 8.13. The molecule has 0 aliphatic rings. The van der Waals surface area contributed by atoms with Crippen molar-refractivity contribution in [2.75, 3.05) is 19.0 Å². The first kappa shape index (κ1) is 17.2. The van der Waals surface area contributed by atoms with Crippen molar-refractivity contribution in [2.24, 2.45) is 0 Å². The minimum atomic E-state index is -3.30. The van der Waals surface area contributed by atoms with Crippen molar-refractivity contribution < 1.29 is 13.2 Å². The normalized spacial score (nSPS) is 11.9. The van der Waals surface area contributed by atoms with E-state index in [0.29, 0.717) is 6.42 Å². The summed E-state index contributed by atoms with van der Waals surface area (Å²) in [4.78, 5) is 0. The van der Waals surface area contributed by atoms with Crippen LogP contribution >= 0.6 is 10.7 Å². The van der Waals surface area contributed by atoms with E-state index in [1.807, 2.05) is 0 Å². The maximum absolute atomic E-state index is 10.6. The Hall–Kier alpha value is 0.200. The first-order valence-electron chi connectivity index (χ1n) is 6.56. The molecule has 0 rings (SSSR count). The summed E-state index contributed by atoms with van der Waals surface area (Å²) < 4.78 is 26.7. The van der Waals surface area contributed by atoms with Crippen molar-refractivity contribution in [1.82, 2.24) is 0 Å². The summed E-state index contributed by atoms with van der Waals surface area (Å²) in [5.74, 6) is 0.0750. The third-order valence-corrected chi connectivity index (χ3v) is 3.81. The molecule has 0 saturated heterocycles. The van der Waals surface area contributed by atoms with Crippen LogP contribution in [0.1, 0.15) is 58.3 Å². The Balaban J connectivity index is 3.04. The van der Waals surface area contributed by atoms with Crippen molar-refractivity contribution in [3.63, 3.8) is 0 Å². The monoisotopic (exact) mass is 284 g/mol. The highest BCUT2D eigenvalue weighted by atomic mass is 35.7. The van der Waals surface area contributed by atoms with E-state index in [9.17, 15) is 8.42 Å². The van der Waals surface area contributed by atoms with Crippen molar-refractivity contribution >= 4 is 19.7 Å². The van der Waals surface area contributed by atoms with E-state index in [0.717, 1.165) is 32.5 Å². The topological polar surface area (TPSA) is 43.4 Å². The number of rotatable bonds is 12. The fraction of sp³-hybridized carbons (Fsp3) is 1.00. The fourth-order valence-corrected chi connectivity index (χ4v) is 2.44. The molecule has 0 aliphatic carbocycles. The quantitative estimate of drug-likeness (QED) is 0.405. The predicted octanol–water partition coefficient (Wildman–Crippen LogP) is 3.71. The Kier molecular flexibility index (Phi) is 11.4. The molecule has 0 unspecified atom stereocenters. The smallest absolute Gasteiger partial charge is 0.232 e. The van der Waals surface area contributed by atoms with Gasteiger partial charge in [-0.1, -0.05) is 39.0 Å². The molecule has 0 amide bonds. The van der Waals surface area contributed by atoms with Crippen LogP contribution in [0.2, 0.25) is 0 Å². The van der Waals surface area contributed by atoms with E-state index in [1.165, 1.54) is 25.7 Å². The molecule has 0 bridgehead atoms. The summed E-state index contributed by atoms with van der Waals surface area (Å²) in [5, 5.41) is 0. The molecule has 0 spiro atoms. The third kappa shape index (κ3) is 16.2. The summed E-state index contributed by atoms with van der Waals surface area (Å²) in [5.41, 5.74) is 0. The lowest BCUT2D eigenvalue weighted by Crippen LogP contribution is -2.00. The van der Waals surface area contributed by atoms with E-state index in [1.54, 1.807) is 0 Å². The van der Waals surface area contributed by atoms with Crippen molar-refractivity contribution in [2.45, 2.75) is 58.3 Å². The van der Waals surface area contributed by atoms with Gasteiger partial charge in [-0.15, -0.1) is 0 Å². The minimum Gasteiger partial charge on any atom is -0.381 e. The van der Waals surface area contributed by atoms with Gasteiger partial charge < -0.3 is 4.74 Å². The van der Waals surface area contributed by atoms with Gasteiger partial charge in [-0.2, -0.15) is 0 Å². The summed E-state index contributed by atoms with van der Waals surface area (Å²) >= 11 is 0. The zero-order valence-corrected chi connectivity index (χ0v) is 12.4. The highest BCUT2D eigenvalue weighted by Gasteiger charge is 2.03. The van der Waals surface area contributed by atoms with Crippen LogP contribution < -0.4 is 0 Å². The average Bonchev–Trinajstić information content (AvgIpc) is 2.24. The number of hydrogen-bond acceptors (Lipinski definition) is 3. The van der Waals surface area contributed by atoms with Gasteiger partial charge in [0.15, 0.2) is 0 Å². The van der Waals surface area contributed by atoms with Gasteiger partial charge in [0, 0.05) is 23.9 Å². The molecule has 0 radical (unpaired) electrons. The number of hydrogen-bond donors (Lipinski definition) is 0. The van der Waals surface area contributed by atoms with Gasteiger partial charge in [-0.3, -0.25) is 0 Å². The molecule has 0 aromatic rings. The molecule has 0 atom stereocenters. The lowest BCUT2D eigenvalue weighted by atomic mass is 10.2. The standard InChI is InChI=1S/C12H25ClO3S/c1-2-3-4-5-7-10-16-11-8-6-9-12-17(13,14)15/h2-12H2,1H3. The second-order valence-electron chi connectivity index (χ2n) is 4.33. The van der Waals surface area contributed by atoms with Gasteiger partial charge in [0.1, 0.15) is 0 Å². The van der Waals surface area contributed by atoms with Crippen LogP contribution in [-0.4, -0.2) is 27.4 Å². The Morgan fingerprint density at radius 1 is 0.882 bits per heavy atom. The molecule has 3 nitrogen and oxygen atoms in total. The molecule has 0 fully saturated rings. The van der Waals surface area contributed by atoms with Crippen molar-refractivity contribution in [3.8, 4) is 0 Å². The zero-order chi connectivity index (χ0) is 13.0. The zero-order valence-electron chi connectivity index (χ0n) is 10.8. The summed E-state index contributed by atoms with van der Waals surface area (Å²) in [6.07, 6.45) is 8.67. The molecule has 0 N–H and O–H groups in total. The van der Waals surface area contributed by atoms with Crippen LogP contribution in [0.4, 0.5) is 0 Å². The predicted molar refractivity (Wildman–Crippen MR) is 73.1 cm³/mol. The molecule has 0 heterocycles. The number of halogens is 1. The van der Waals surface area contributed by atoms with E-state index >= 15 is 0 Å². The fourth-order valence-electron chi connectivity index (χ4n) is 1.57. The number of ether oxygens (including phenoxy) is 1. The Labute approximate surface area is 110 Å². The van der Waals surface area contributed by atoms with E-state index in [-0.39, 0.29) is 5.75 Å². The minimum absolute atomic E-state index is 0.0750. The van der Waals surface area contributed by atoms with Crippen LogP contribution in [0.15, 0.2) is 0 Å². The van der Waals surface area contributed by atoms with Gasteiger partial charge in [0.2, 0.25) is 9.05 Å². The number of unbranched alkanes of at least 4 members (excludes halogenated alkanes) is 6. The van der Waals surface area contributed by atoms with E-state index in [2.05, 4.69) is 6.92 Å². The molecule has 17 heavy (non-hydrogen) atoms. The molecule has 0 aliphatic heterocycles. The van der Waals surface area contributed by atoms with Crippen LogP contribution in [0.3, 0.4) is 0 Å². The second-order valence-corrected chi connectivity index (χ2v) is 7.23. The van der Waals surface area contributed by atoms with Crippen LogP contribution in [0.5, 0.6) is 0 Å². The molecule has 104 valence electrons. The van der Waals surface area contributed by atoms with Crippen molar-refractivity contribution in [3.05, 3.63) is 0 Å². The maximum Gasteiger partial charge on any atom is 0.232 e. The lowest BCUT2D eigenvalue weighted by Gasteiger charge is -2.03. The van der Waals surface area contributed by atoms with E-state index in [4.69, 9.17) is 15.4 Å². The van der Waals surface area contributed by atoms with Crippen LogP contribution in [-0.2, 0) is 13.8 Å². The van der Waals surface area contributed by atoms with Gasteiger partial charge in [-0.25, -0.2) is 8.42 Å². The largest absolute Gasteiger partial charge is 0.381 e. The lowest BCUT2D eigenvalue weighted by molar-refractivity contribution is 0.126. The van der Waals surface area contributed by atoms with Gasteiger partial charge in [0.25, 0.3) is 0 Å². The molecule has 5 heteroatoms. The summed E-state index contributed by atoms with van der Waals surface area (Å²) in [6, 6.07) is 0.